The first-order valence-electron chi connectivity index (χ1n) is 7.66. The van der Waals surface area contributed by atoms with E-state index in [0.29, 0.717) is 5.11 Å². The van der Waals surface area contributed by atoms with Gasteiger partial charge in [0.2, 0.25) is 0 Å². The number of hydrogen-bond donors (Lipinski definition) is 2. The zero-order chi connectivity index (χ0) is 16.3. The Hall–Kier alpha value is -2.40. The molecule has 2 aromatic carbocycles. The zero-order valence-electron chi connectivity index (χ0n) is 13.2. The van der Waals surface area contributed by atoms with Crippen molar-refractivity contribution >= 4 is 29.2 Å². The van der Waals surface area contributed by atoms with Crippen molar-refractivity contribution in [3.63, 3.8) is 0 Å². The number of hydrazone groups is 1. The lowest BCUT2D eigenvalue weighted by molar-refractivity contribution is 0.309. The molecule has 0 unspecified atom stereocenters. The summed E-state index contributed by atoms with van der Waals surface area (Å²) in [5, 5.41) is 7.63. The topological polar surface area (TPSA) is 45.6 Å². The van der Waals surface area contributed by atoms with Crippen LogP contribution in [0.2, 0.25) is 0 Å². The standard InChI is InChI=1S/C18H21N3OS/c1-2-3-13-22-17-11-9-15(10-12-17)14-19-21-18(23)20-16-7-5-4-6-8-16/h4-12,14H,2-3,13H2,1H3,(H2,20,21,23)/b19-14+. The molecular weight excluding hydrogens is 306 g/mol. The van der Waals surface area contributed by atoms with Gasteiger partial charge in [0.15, 0.2) is 5.11 Å². The highest BCUT2D eigenvalue weighted by atomic mass is 32.1. The molecule has 0 bridgehead atoms. The minimum atomic E-state index is 0.451. The van der Waals surface area contributed by atoms with Gasteiger partial charge in [-0.2, -0.15) is 5.10 Å². The molecule has 0 radical (unpaired) electrons. The third-order valence-electron chi connectivity index (χ3n) is 3.06. The maximum absolute atomic E-state index is 5.62. The average Bonchev–Trinajstić information content (AvgIpc) is 2.57. The maximum atomic E-state index is 5.62. The van der Waals surface area contributed by atoms with Gasteiger partial charge in [0.1, 0.15) is 5.75 Å². The second-order valence-electron chi connectivity index (χ2n) is 4.96. The number of nitrogens with one attached hydrogen (secondary N) is 2. The third-order valence-corrected chi connectivity index (χ3v) is 3.25. The summed E-state index contributed by atoms with van der Waals surface area (Å²) in [5.41, 5.74) is 4.69. The van der Waals surface area contributed by atoms with Crippen molar-refractivity contribution in [2.24, 2.45) is 5.10 Å². The van der Waals surface area contributed by atoms with E-state index in [4.69, 9.17) is 17.0 Å². The van der Waals surface area contributed by atoms with E-state index in [1.165, 1.54) is 0 Å². The molecule has 2 aromatic rings. The minimum absolute atomic E-state index is 0.451. The summed E-state index contributed by atoms with van der Waals surface area (Å²) in [7, 11) is 0. The molecule has 2 rings (SSSR count). The molecule has 120 valence electrons. The van der Waals surface area contributed by atoms with Crippen molar-refractivity contribution in [3.8, 4) is 5.75 Å². The first-order valence-corrected chi connectivity index (χ1v) is 8.06. The van der Waals surface area contributed by atoms with E-state index < -0.39 is 0 Å². The van der Waals surface area contributed by atoms with Crippen LogP contribution in [0.3, 0.4) is 0 Å². The molecule has 0 atom stereocenters. The first kappa shape index (κ1) is 17.0. The summed E-state index contributed by atoms with van der Waals surface area (Å²) in [6.07, 6.45) is 3.92. The van der Waals surface area contributed by atoms with Gasteiger partial charge >= 0.3 is 0 Å². The second kappa shape index (κ2) is 9.58. The molecule has 0 saturated carbocycles. The Balaban J connectivity index is 1.77. The van der Waals surface area contributed by atoms with Gasteiger partial charge in [-0.3, -0.25) is 5.43 Å². The first-order chi connectivity index (χ1) is 11.3. The summed E-state index contributed by atoms with van der Waals surface area (Å²) in [6.45, 7) is 2.90. The van der Waals surface area contributed by atoms with E-state index in [2.05, 4.69) is 22.8 Å². The predicted molar refractivity (Wildman–Crippen MR) is 100 cm³/mol. The monoisotopic (exact) mass is 327 g/mol. The summed E-state index contributed by atoms with van der Waals surface area (Å²) >= 11 is 5.18. The quantitative estimate of drug-likeness (QED) is 0.346. The smallest absolute Gasteiger partial charge is 0.191 e. The van der Waals surface area contributed by atoms with Crippen LogP contribution in [0.5, 0.6) is 5.75 Å². The number of rotatable bonds is 7. The van der Waals surface area contributed by atoms with Crippen molar-refractivity contribution in [3.05, 3.63) is 60.2 Å². The van der Waals surface area contributed by atoms with Gasteiger partial charge < -0.3 is 10.1 Å². The molecule has 5 heteroatoms. The van der Waals surface area contributed by atoms with Gasteiger partial charge in [-0.1, -0.05) is 31.5 Å². The lowest BCUT2D eigenvalue weighted by Gasteiger charge is -2.06. The highest BCUT2D eigenvalue weighted by Gasteiger charge is 1.95. The molecule has 0 heterocycles. The van der Waals surface area contributed by atoms with E-state index in [0.717, 1.165) is 36.4 Å². The van der Waals surface area contributed by atoms with Crippen LogP contribution in [0, 0.1) is 0 Å². The highest BCUT2D eigenvalue weighted by molar-refractivity contribution is 7.80. The van der Waals surface area contributed by atoms with Crippen molar-refractivity contribution < 1.29 is 4.74 Å². The van der Waals surface area contributed by atoms with Gasteiger partial charge in [0.25, 0.3) is 0 Å². The van der Waals surface area contributed by atoms with E-state index in [-0.39, 0.29) is 0 Å². The van der Waals surface area contributed by atoms with Crippen LogP contribution >= 0.6 is 12.2 Å². The number of anilines is 1. The number of benzene rings is 2. The van der Waals surface area contributed by atoms with Gasteiger partial charge in [0.05, 0.1) is 12.8 Å². The molecular formula is C18H21N3OS. The molecule has 0 fully saturated rings. The van der Waals surface area contributed by atoms with Crippen LogP contribution in [-0.4, -0.2) is 17.9 Å². The number of unbranched alkanes of at least 4 members (excludes halogenated alkanes) is 1. The maximum Gasteiger partial charge on any atom is 0.191 e. The fourth-order valence-electron chi connectivity index (χ4n) is 1.83. The molecule has 23 heavy (non-hydrogen) atoms. The Kier molecular flexibility index (Phi) is 7.07. The fraction of sp³-hybridized carbons (Fsp3) is 0.222. The summed E-state index contributed by atoms with van der Waals surface area (Å²) in [6, 6.07) is 17.5. The van der Waals surface area contributed by atoms with E-state index in [1.807, 2.05) is 54.6 Å². The van der Waals surface area contributed by atoms with E-state index in [9.17, 15) is 0 Å². The third kappa shape index (κ3) is 6.48. The summed E-state index contributed by atoms with van der Waals surface area (Å²) in [5.74, 6) is 0.879. The Morgan fingerprint density at radius 2 is 1.87 bits per heavy atom. The lowest BCUT2D eigenvalue weighted by Crippen LogP contribution is -2.23. The molecule has 0 aliphatic carbocycles. The molecule has 0 aliphatic rings. The Morgan fingerprint density at radius 1 is 1.13 bits per heavy atom. The molecule has 0 saturated heterocycles. The van der Waals surface area contributed by atoms with Crippen molar-refractivity contribution in [1.29, 1.82) is 0 Å². The summed E-state index contributed by atoms with van der Waals surface area (Å²) in [4.78, 5) is 0. The molecule has 0 amide bonds. The van der Waals surface area contributed by atoms with Crippen LogP contribution in [0.15, 0.2) is 59.7 Å². The number of nitrogens with zero attached hydrogens (tertiary/aromatic N) is 1. The van der Waals surface area contributed by atoms with Crippen molar-refractivity contribution in [2.45, 2.75) is 19.8 Å². The fourth-order valence-corrected chi connectivity index (χ4v) is 2.00. The Bertz CT molecular complexity index is 626. The largest absolute Gasteiger partial charge is 0.494 e. The Morgan fingerprint density at radius 3 is 2.57 bits per heavy atom. The zero-order valence-corrected chi connectivity index (χ0v) is 14.0. The molecule has 0 spiro atoms. The summed E-state index contributed by atoms with van der Waals surface area (Å²) < 4.78 is 5.62. The van der Waals surface area contributed by atoms with Crippen molar-refractivity contribution in [2.75, 3.05) is 11.9 Å². The van der Waals surface area contributed by atoms with Crippen LogP contribution in [-0.2, 0) is 0 Å². The molecule has 0 aliphatic heterocycles. The lowest BCUT2D eigenvalue weighted by atomic mass is 10.2. The number of para-hydroxylation sites is 1. The van der Waals surface area contributed by atoms with Gasteiger partial charge in [0, 0.05) is 5.69 Å². The van der Waals surface area contributed by atoms with E-state index in [1.54, 1.807) is 6.21 Å². The van der Waals surface area contributed by atoms with Crippen molar-refractivity contribution in [1.82, 2.24) is 5.43 Å². The normalized spacial score (nSPS) is 10.5. The molecule has 0 aromatic heterocycles. The minimum Gasteiger partial charge on any atom is -0.494 e. The van der Waals surface area contributed by atoms with Crippen LogP contribution in [0.25, 0.3) is 0 Å². The second-order valence-corrected chi connectivity index (χ2v) is 5.37. The van der Waals surface area contributed by atoms with Crippen LogP contribution in [0.1, 0.15) is 25.3 Å². The average molecular weight is 327 g/mol. The number of ether oxygens (including phenoxy) is 1. The van der Waals surface area contributed by atoms with Crippen LogP contribution in [0.4, 0.5) is 5.69 Å². The number of thiocarbonyl (C=S) groups is 1. The molecule has 4 nitrogen and oxygen atoms in total. The van der Waals surface area contributed by atoms with Gasteiger partial charge in [-0.25, -0.2) is 0 Å². The predicted octanol–water partition coefficient (Wildman–Crippen LogP) is 4.19. The number of hydrogen-bond acceptors (Lipinski definition) is 3. The Labute approximate surface area is 142 Å². The molecule has 2 N–H and O–H groups in total. The van der Waals surface area contributed by atoms with E-state index >= 15 is 0 Å². The van der Waals surface area contributed by atoms with Gasteiger partial charge in [-0.05, 0) is 60.6 Å². The van der Waals surface area contributed by atoms with Gasteiger partial charge in [-0.15, -0.1) is 0 Å². The van der Waals surface area contributed by atoms with Crippen LogP contribution < -0.4 is 15.5 Å². The highest BCUT2D eigenvalue weighted by Crippen LogP contribution is 2.11. The SMILES string of the molecule is CCCCOc1ccc(/C=N/NC(=S)Nc2ccccc2)cc1.